The van der Waals surface area contributed by atoms with Gasteiger partial charge in [0.2, 0.25) is 0 Å². The number of carbonyl (C=O) groups excluding carboxylic acids is 2. The van der Waals surface area contributed by atoms with Gasteiger partial charge >= 0.3 is 5.97 Å². The molecule has 1 fully saturated rings. The van der Waals surface area contributed by atoms with Gasteiger partial charge in [-0.15, -0.1) is 12.4 Å². The summed E-state index contributed by atoms with van der Waals surface area (Å²) in [6.07, 6.45) is 0.595. The molecule has 0 aromatic heterocycles. The maximum Gasteiger partial charge on any atom is 0.338 e. The number of benzene rings is 1. The van der Waals surface area contributed by atoms with Crippen molar-refractivity contribution in [1.29, 1.82) is 0 Å². The summed E-state index contributed by atoms with van der Waals surface area (Å²) < 4.78 is 10.2. The highest BCUT2D eigenvalue weighted by Crippen LogP contribution is 2.19. The van der Waals surface area contributed by atoms with Gasteiger partial charge in [-0.3, -0.25) is 4.79 Å². The summed E-state index contributed by atoms with van der Waals surface area (Å²) in [4.78, 5) is 25.7. The molecule has 1 atom stereocenters. The van der Waals surface area contributed by atoms with Crippen LogP contribution in [0.3, 0.4) is 0 Å². The second kappa shape index (κ2) is 8.71. The van der Waals surface area contributed by atoms with Crippen molar-refractivity contribution in [2.45, 2.75) is 12.5 Å². The summed E-state index contributed by atoms with van der Waals surface area (Å²) in [7, 11) is 1.24. The van der Waals surface area contributed by atoms with E-state index in [0.717, 1.165) is 0 Å². The van der Waals surface area contributed by atoms with E-state index in [4.69, 9.17) is 10.5 Å². The molecule has 0 radical (unpaired) electrons. The van der Waals surface area contributed by atoms with E-state index in [0.29, 0.717) is 32.7 Å². The van der Waals surface area contributed by atoms with Gasteiger partial charge in [0, 0.05) is 18.7 Å². The Labute approximate surface area is 140 Å². The number of nitrogens with two attached hydrogens (primary N) is 1. The van der Waals surface area contributed by atoms with Crippen molar-refractivity contribution in [2.75, 3.05) is 33.4 Å². The molecule has 8 heteroatoms. The van der Waals surface area contributed by atoms with Crippen molar-refractivity contribution < 1.29 is 24.2 Å². The van der Waals surface area contributed by atoms with Gasteiger partial charge in [0.05, 0.1) is 25.4 Å². The zero-order valence-electron chi connectivity index (χ0n) is 12.9. The third-order valence-corrected chi connectivity index (χ3v) is 3.50. The van der Waals surface area contributed by atoms with Gasteiger partial charge in [-0.25, -0.2) is 4.79 Å². The fourth-order valence-electron chi connectivity index (χ4n) is 2.42. The third kappa shape index (κ3) is 4.82. The standard InChI is InChI=1S/C15H20N2O5.ClH/c1-21-15(20)11-6-10(7-12(18)8-11)14(19)17-4-5-22-13(9-17)2-3-16;/h6-8,13,18H,2-5,9,16H2,1H3;1H. The maximum absolute atomic E-state index is 12.5. The van der Waals surface area contributed by atoms with Gasteiger partial charge in [0.1, 0.15) is 5.75 Å². The van der Waals surface area contributed by atoms with Crippen molar-refractivity contribution in [3.8, 4) is 5.75 Å². The van der Waals surface area contributed by atoms with E-state index in [-0.39, 0.29) is 41.3 Å². The number of phenols is 1. The average Bonchev–Trinajstić information content (AvgIpc) is 2.53. The van der Waals surface area contributed by atoms with Crippen LogP contribution in [-0.2, 0) is 9.47 Å². The zero-order valence-corrected chi connectivity index (χ0v) is 13.7. The molecule has 1 aromatic rings. The first-order valence-electron chi connectivity index (χ1n) is 7.08. The molecule has 23 heavy (non-hydrogen) atoms. The Kier molecular flexibility index (Phi) is 7.28. The fraction of sp³-hybridized carbons (Fsp3) is 0.467. The van der Waals surface area contributed by atoms with Gasteiger partial charge < -0.3 is 25.2 Å². The molecule has 0 aliphatic carbocycles. The smallest absolute Gasteiger partial charge is 0.338 e. The molecule has 1 aliphatic heterocycles. The monoisotopic (exact) mass is 344 g/mol. The molecule has 0 spiro atoms. The number of methoxy groups -OCH3 is 1. The lowest BCUT2D eigenvalue weighted by Crippen LogP contribution is -2.46. The second-order valence-electron chi connectivity index (χ2n) is 5.08. The van der Waals surface area contributed by atoms with Crippen LogP contribution in [0.4, 0.5) is 0 Å². The highest BCUT2D eigenvalue weighted by atomic mass is 35.5. The lowest BCUT2D eigenvalue weighted by atomic mass is 10.1. The lowest BCUT2D eigenvalue weighted by molar-refractivity contribution is -0.0236. The molecule has 1 unspecified atom stereocenters. The predicted octanol–water partition coefficient (Wildman–Crippen LogP) is 0.790. The zero-order chi connectivity index (χ0) is 16.1. The van der Waals surface area contributed by atoms with Gasteiger partial charge in [0.15, 0.2) is 0 Å². The average molecular weight is 345 g/mol. The van der Waals surface area contributed by atoms with Crippen molar-refractivity contribution in [3.05, 3.63) is 29.3 Å². The summed E-state index contributed by atoms with van der Waals surface area (Å²) in [5, 5.41) is 9.70. The lowest BCUT2D eigenvalue weighted by Gasteiger charge is -2.33. The Morgan fingerprint density at radius 3 is 2.74 bits per heavy atom. The van der Waals surface area contributed by atoms with Crippen molar-refractivity contribution in [3.63, 3.8) is 0 Å². The van der Waals surface area contributed by atoms with Crippen LogP contribution in [0.15, 0.2) is 18.2 Å². The second-order valence-corrected chi connectivity index (χ2v) is 5.08. The van der Waals surface area contributed by atoms with Gasteiger partial charge in [-0.1, -0.05) is 0 Å². The van der Waals surface area contributed by atoms with Gasteiger partial charge in [-0.2, -0.15) is 0 Å². The molecule has 7 nitrogen and oxygen atoms in total. The number of nitrogens with zero attached hydrogens (tertiary/aromatic N) is 1. The van der Waals surface area contributed by atoms with E-state index in [1.54, 1.807) is 4.90 Å². The van der Waals surface area contributed by atoms with Crippen LogP contribution < -0.4 is 5.73 Å². The summed E-state index contributed by atoms with van der Waals surface area (Å²) in [6.45, 7) is 1.84. The highest BCUT2D eigenvalue weighted by molar-refractivity contribution is 5.98. The molecule has 128 valence electrons. The summed E-state index contributed by atoms with van der Waals surface area (Å²) in [5.74, 6) is -1.02. The number of halogens is 1. The number of ether oxygens (including phenoxy) is 2. The Bertz CT molecular complexity index is 565. The summed E-state index contributed by atoms with van der Waals surface area (Å²) in [6, 6.07) is 4.02. The molecule has 1 saturated heterocycles. The molecule has 1 heterocycles. The van der Waals surface area contributed by atoms with Crippen LogP contribution in [0.2, 0.25) is 0 Å². The van der Waals surface area contributed by atoms with E-state index in [2.05, 4.69) is 4.74 Å². The van der Waals surface area contributed by atoms with Crippen LogP contribution >= 0.6 is 12.4 Å². The molecular formula is C15H21ClN2O5. The Balaban J connectivity index is 0.00000264. The predicted molar refractivity (Wildman–Crippen MR) is 86.0 cm³/mol. The largest absolute Gasteiger partial charge is 0.508 e. The van der Waals surface area contributed by atoms with E-state index in [1.807, 2.05) is 0 Å². The molecule has 3 N–H and O–H groups in total. The molecule has 1 amide bonds. The molecule has 0 bridgehead atoms. The molecular weight excluding hydrogens is 324 g/mol. The van der Waals surface area contributed by atoms with E-state index >= 15 is 0 Å². The number of morpholine rings is 1. The van der Waals surface area contributed by atoms with E-state index in [1.165, 1.54) is 25.3 Å². The van der Waals surface area contributed by atoms with Crippen LogP contribution in [-0.4, -0.2) is 61.3 Å². The molecule has 2 rings (SSSR count). The van der Waals surface area contributed by atoms with E-state index < -0.39 is 5.97 Å². The van der Waals surface area contributed by atoms with Crippen LogP contribution in [0.25, 0.3) is 0 Å². The van der Waals surface area contributed by atoms with Crippen LogP contribution in [0, 0.1) is 0 Å². The van der Waals surface area contributed by atoms with Crippen molar-refractivity contribution in [1.82, 2.24) is 4.90 Å². The number of hydrogen-bond acceptors (Lipinski definition) is 6. The van der Waals surface area contributed by atoms with Gasteiger partial charge in [0.25, 0.3) is 5.91 Å². The topological polar surface area (TPSA) is 102 Å². The van der Waals surface area contributed by atoms with Crippen LogP contribution in [0.5, 0.6) is 5.75 Å². The minimum atomic E-state index is -0.604. The minimum absolute atomic E-state index is 0. The number of esters is 1. The maximum atomic E-state index is 12.5. The molecule has 0 saturated carbocycles. The normalized spacial score (nSPS) is 17.3. The number of rotatable bonds is 4. The summed E-state index contributed by atoms with van der Waals surface area (Å²) in [5.41, 5.74) is 5.89. The quantitative estimate of drug-likeness (QED) is 0.783. The Hall–Kier alpha value is -1.83. The Morgan fingerprint density at radius 2 is 2.09 bits per heavy atom. The highest BCUT2D eigenvalue weighted by Gasteiger charge is 2.25. The SMILES string of the molecule is COC(=O)c1cc(O)cc(C(=O)N2CCOC(CCN)C2)c1.Cl. The third-order valence-electron chi connectivity index (χ3n) is 3.50. The fourth-order valence-corrected chi connectivity index (χ4v) is 2.42. The minimum Gasteiger partial charge on any atom is -0.508 e. The summed E-state index contributed by atoms with van der Waals surface area (Å²) >= 11 is 0. The van der Waals surface area contributed by atoms with Crippen molar-refractivity contribution in [2.24, 2.45) is 5.73 Å². The number of amides is 1. The number of phenolic OH excluding ortho intramolecular Hbond substituents is 1. The van der Waals surface area contributed by atoms with Gasteiger partial charge in [-0.05, 0) is 31.2 Å². The van der Waals surface area contributed by atoms with Crippen LogP contribution in [0.1, 0.15) is 27.1 Å². The first kappa shape index (κ1) is 19.2. The number of carbonyl (C=O) groups is 2. The number of aromatic hydroxyl groups is 1. The first-order chi connectivity index (χ1) is 10.5. The number of hydrogen-bond donors (Lipinski definition) is 2. The first-order valence-corrected chi connectivity index (χ1v) is 7.08. The molecule has 1 aromatic carbocycles. The Morgan fingerprint density at radius 1 is 1.39 bits per heavy atom. The van der Waals surface area contributed by atoms with Crippen molar-refractivity contribution >= 4 is 24.3 Å². The van der Waals surface area contributed by atoms with E-state index in [9.17, 15) is 14.7 Å². The molecule has 1 aliphatic rings.